The van der Waals surface area contributed by atoms with Crippen LogP contribution in [0.25, 0.3) is 0 Å². The van der Waals surface area contributed by atoms with Crippen molar-refractivity contribution in [3.8, 4) is 5.75 Å². The van der Waals surface area contributed by atoms with E-state index in [4.69, 9.17) is 9.47 Å². The van der Waals surface area contributed by atoms with Crippen molar-refractivity contribution in [1.29, 1.82) is 0 Å². The molecule has 2 aliphatic heterocycles. The molecule has 5 heteroatoms. The Bertz CT molecular complexity index is 667. The number of carbonyl (C=O) groups excluding carboxylic acids is 1. The van der Waals surface area contributed by atoms with E-state index in [2.05, 4.69) is 0 Å². The van der Waals surface area contributed by atoms with Crippen molar-refractivity contribution in [1.82, 2.24) is 4.90 Å². The fourth-order valence-corrected chi connectivity index (χ4v) is 5.31. The summed E-state index contributed by atoms with van der Waals surface area (Å²) < 4.78 is 10.9. The Kier molecular flexibility index (Phi) is 5.17. The molecular formula is C22H31NO4. The average Bonchev–Trinajstić information content (AvgIpc) is 2.73. The number of piperidine rings is 1. The second kappa shape index (κ2) is 7.44. The molecule has 0 bridgehead atoms. The molecule has 3 fully saturated rings. The van der Waals surface area contributed by atoms with Crippen LogP contribution >= 0.6 is 0 Å². The maximum atomic E-state index is 13.8. The van der Waals surface area contributed by atoms with Crippen LogP contribution in [0, 0.1) is 5.92 Å². The minimum Gasteiger partial charge on any atom is -0.497 e. The predicted molar refractivity (Wildman–Crippen MR) is 103 cm³/mol. The van der Waals surface area contributed by atoms with Crippen LogP contribution in [0.15, 0.2) is 24.3 Å². The molecular weight excluding hydrogens is 342 g/mol. The lowest BCUT2D eigenvalue weighted by Crippen LogP contribution is -2.58. The van der Waals surface area contributed by atoms with Gasteiger partial charge < -0.3 is 19.5 Å². The molecule has 1 aromatic rings. The lowest BCUT2D eigenvalue weighted by Gasteiger charge is -2.50. The molecule has 148 valence electrons. The fourth-order valence-electron chi connectivity index (χ4n) is 5.31. The van der Waals surface area contributed by atoms with Gasteiger partial charge in [-0.25, -0.2) is 0 Å². The molecule has 4 rings (SSSR count). The van der Waals surface area contributed by atoms with Crippen molar-refractivity contribution < 1.29 is 19.4 Å². The first-order valence-corrected chi connectivity index (χ1v) is 10.3. The van der Waals surface area contributed by atoms with Crippen LogP contribution < -0.4 is 4.74 Å². The second-order valence-electron chi connectivity index (χ2n) is 8.47. The van der Waals surface area contributed by atoms with Crippen LogP contribution in [0.5, 0.6) is 5.75 Å². The molecule has 1 aromatic carbocycles. The summed E-state index contributed by atoms with van der Waals surface area (Å²) in [6, 6.07) is 7.94. The number of amides is 1. The summed E-state index contributed by atoms with van der Waals surface area (Å²) in [4.78, 5) is 15.8. The van der Waals surface area contributed by atoms with Gasteiger partial charge in [0.2, 0.25) is 5.91 Å². The third-order valence-corrected chi connectivity index (χ3v) is 7.11. The normalized spacial score (nSPS) is 30.4. The number of carbonyl (C=O) groups is 1. The van der Waals surface area contributed by atoms with Crippen molar-refractivity contribution in [3.05, 3.63) is 29.8 Å². The van der Waals surface area contributed by atoms with Gasteiger partial charge in [-0.2, -0.15) is 0 Å². The largest absolute Gasteiger partial charge is 0.497 e. The summed E-state index contributed by atoms with van der Waals surface area (Å²) in [6.07, 6.45) is 6.31. The molecule has 2 saturated heterocycles. The maximum absolute atomic E-state index is 13.8. The highest BCUT2D eigenvalue weighted by Gasteiger charge is 2.49. The van der Waals surface area contributed by atoms with Crippen molar-refractivity contribution in [2.75, 3.05) is 33.4 Å². The van der Waals surface area contributed by atoms with Crippen LogP contribution in [0.3, 0.4) is 0 Å². The van der Waals surface area contributed by atoms with Gasteiger partial charge in [-0.1, -0.05) is 25.0 Å². The Morgan fingerprint density at radius 2 is 1.89 bits per heavy atom. The molecule has 0 spiro atoms. The van der Waals surface area contributed by atoms with Gasteiger partial charge in [0.1, 0.15) is 5.75 Å². The van der Waals surface area contributed by atoms with E-state index >= 15 is 0 Å². The lowest BCUT2D eigenvalue weighted by atomic mass is 9.69. The number of ether oxygens (including phenoxy) is 2. The number of aliphatic hydroxyl groups is 1. The summed E-state index contributed by atoms with van der Waals surface area (Å²) in [6.45, 7) is 2.57. The van der Waals surface area contributed by atoms with Crippen molar-refractivity contribution in [2.24, 2.45) is 5.92 Å². The molecule has 3 aliphatic rings. The molecule has 1 aliphatic carbocycles. The van der Waals surface area contributed by atoms with Crippen LogP contribution in [0.1, 0.15) is 50.5 Å². The molecule has 2 atom stereocenters. The monoisotopic (exact) mass is 373 g/mol. The molecule has 2 heterocycles. The van der Waals surface area contributed by atoms with Gasteiger partial charge in [0.15, 0.2) is 0 Å². The lowest BCUT2D eigenvalue weighted by molar-refractivity contribution is -0.152. The maximum Gasteiger partial charge on any atom is 0.233 e. The summed E-state index contributed by atoms with van der Waals surface area (Å²) in [5.41, 5.74) is -0.0202. The third-order valence-electron chi connectivity index (χ3n) is 7.11. The first-order valence-electron chi connectivity index (χ1n) is 10.3. The van der Waals surface area contributed by atoms with E-state index in [1.807, 2.05) is 29.2 Å². The number of rotatable bonds is 3. The Morgan fingerprint density at radius 3 is 2.59 bits per heavy atom. The minimum atomic E-state index is -0.558. The van der Waals surface area contributed by atoms with Crippen LogP contribution in [0.2, 0.25) is 0 Å². The Balaban J connectivity index is 1.59. The number of likely N-dealkylation sites (tertiary alicyclic amines) is 1. The smallest absolute Gasteiger partial charge is 0.233 e. The van der Waals surface area contributed by atoms with Crippen LogP contribution in [-0.4, -0.2) is 54.9 Å². The number of hydrogen-bond acceptors (Lipinski definition) is 4. The molecule has 1 amide bonds. The van der Waals surface area contributed by atoms with Gasteiger partial charge in [0.25, 0.3) is 0 Å². The zero-order valence-corrected chi connectivity index (χ0v) is 16.3. The van der Waals surface area contributed by atoms with Crippen molar-refractivity contribution in [3.63, 3.8) is 0 Å². The molecule has 5 nitrogen and oxygen atoms in total. The first kappa shape index (κ1) is 18.8. The fraction of sp³-hybridized carbons (Fsp3) is 0.682. The minimum absolute atomic E-state index is 0.212. The van der Waals surface area contributed by atoms with E-state index in [9.17, 15) is 9.90 Å². The highest BCUT2D eigenvalue weighted by atomic mass is 16.5. The standard InChI is InChI=1S/C22H31NO4/c1-26-19-7-5-17(6-8-19)21(11-14-27-15-12-21)20(24)23-13-10-22(25)9-3-2-4-18(22)16-23/h5-8,18,25H,2-4,9-16H2,1H3/t18-,22+/m0/s1. The van der Waals surface area contributed by atoms with Gasteiger partial charge in [-0.05, 0) is 49.8 Å². The van der Waals surface area contributed by atoms with Crippen LogP contribution in [0.4, 0.5) is 0 Å². The van der Waals surface area contributed by atoms with Gasteiger partial charge in [0, 0.05) is 32.2 Å². The third kappa shape index (κ3) is 3.36. The summed E-state index contributed by atoms with van der Waals surface area (Å²) in [5, 5.41) is 11.0. The molecule has 1 N–H and O–H groups in total. The number of hydrogen-bond donors (Lipinski definition) is 1. The highest BCUT2D eigenvalue weighted by molar-refractivity contribution is 5.88. The van der Waals surface area contributed by atoms with Crippen molar-refractivity contribution >= 4 is 5.91 Å². The highest BCUT2D eigenvalue weighted by Crippen LogP contribution is 2.43. The summed E-state index contributed by atoms with van der Waals surface area (Å²) >= 11 is 0. The zero-order valence-electron chi connectivity index (χ0n) is 16.3. The first-order chi connectivity index (χ1) is 13.1. The van der Waals surface area contributed by atoms with E-state index in [0.717, 1.165) is 37.0 Å². The predicted octanol–water partition coefficient (Wildman–Crippen LogP) is 2.90. The molecule has 0 radical (unpaired) electrons. The Hall–Kier alpha value is -1.59. The van der Waals surface area contributed by atoms with E-state index in [1.165, 1.54) is 0 Å². The summed E-state index contributed by atoms with van der Waals surface area (Å²) in [5.74, 6) is 1.24. The van der Waals surface area contributed by atoms with Gasteiger partial charge >= 0.3 is 0 Å². The van der Waals surface area contributed by atoms with Gasteiger partial charge in [-0.3, -0.25) is 4.79 Å². The average molecular weight is 373 g/mol. The molecule has 27 heavy (non-hydrogen) atoms. The van der Waals surface area contributed by atoms with E-state index < -0.39 is 11.0 Å². The Labute approximate surface area is 161 Å². The number of methoxy groups -OCH3 is 1. The Morgan fingerprint density at radius 1 is 1.15 bits per heavy atom. The van der Waals surface area contributed by atoms with Crippen molar-refractivity contribution in [2.45, 2.75) is 56.0 Å². The van der Waals surface area contributed by atoms with Gasteiger partial charge in [-0.15, -0.1) is 0 Å². The SMILES string of the molecule is COc1ccc(C2(C(=O)N3CC[C@]4(O)CCCC[C@H]4C3)CCOCC2)cc1. The topological polar surface area (TPSA) is 59.0 Å². The summed E-state index contributed by atoms with van der Waals surface area (Å²) in [7, 11) is 1.66. The van der Waals surface area contributed by atoms with E-state index in [1.54, 1.807) is 7.11 Å². The quantitative estimate of drug-likeness (QED) is 0.885. The van der Waals surface area contributed by atoms with Crippen LogP contribution in [-0.2, 0) is 14.9 Å². The van der Waals surface area contributed by atoms with E-state index in [0.29, 0.717) is 45.6 Å². The molecule has 0 unspecified atom stereocenters. The second-order valence-corrected chi connectivity index (χ2v) is 8.47. The molecule has 1 saturated carbocycles. The van der Waals surface area contributed by atoms with Gasteiger partial charge in [0.05, 0.1) is 18.1 Å². The van der Waals surface area contributed by atoms with E-state index in [-0.39, 0.29) is 11.8 Å². The number of nitrogens with zero attached hydrogens (tertiary/aromatic N) is 1. The zero-order chi connectivity index (χ0) is 18.9. The number of fused-ring (bicyclic) bond motifs is 1. The molecule has 0 aromatic heterocycles. The number of benzene rings is 1.